The zero-order chi connectivity index (χ0) is 8.55. The maximum absolute atomic E-state index is 5.91. The fraction of sp³-hybridized carbons (Fsp3) is 0.400. The summed E-state index contributed by atoms with van der Waals surface area (Å²) in [4.78, 5) is 0. The van der Waals surface area contributed by atoms with Gasteiger partial charge in [-0.3, -0.25) is 0 Å². The van der Waals surface area contributed by atoms with Gasteiger partial charge in [0.25, 0.3) is 0 Å². The summed E-state index contributed by atoms with van der Waals surface area (Å²) in [6.07, 6.45) is 4.88. The number of hydrogen-bond donors (Lipinski definition) is 0. The van der Waals surface area contributed by atoms with E-state index >= 15 is 0 Å². The number of benzene rings is 1. The minimum absolute atomic E-state index is 0.692. The predicted octanol–water partition coefficient (Wildman–Crippen LogP) is 3.87. The first-order valence-electron chi connectivity index (χ1n) is 4.24. The molecular formula is C10H10Cl2. The zero-order valence-corrected chi connectivity index (χ0v) is 8.25. The van der Waals surface area contributed by atoms with Gasteiger partial charge < -0.3 is 0 Å². The van der Waals surface area contributed by atoms with Gasteiger partial charge >= 0.3 is 0 Å². The van der Waals surface area contributed by atoms with Crippen molar-refractivity contribution >= 4 is 23.2 Å². The van der Waals surface area contributed by atoms with E-state index in [2.05, 4.69) is 0 Å². The maximum Gasteiger partial charge on any atom is 0.0595 e. The van der Waals surface area contributed by atoms with Crippen LogP contribution in [0.4, 0.5) is 0 Å². The first kappa shape index (κ1) is 8.40. The second-order valence-corrected chi connectivity index (χ2v) is 4.06. The van der Waals surface area contributed by atoms with E-state index in [1.54, 1.807) is 0 Å². The summed E-state index contributed by atoms with van der Waals surface area (Å²) in [5.74, 6) is 0. The van der Waals surface area contributed by atoms with E-state index in [-0.39, 0.29) is 0 Å². The Hall–Kier alpha value is -0.200. The second kappa shape index (κ2) is 3.27. The van der Waals surface area contributed by atoms with Crippen LogP contribution in [0.5, 0.6) is 0 Å². The van der Waals surface area contributed by atoms with Crippen molar-refractivity contribution in [3.8, 4) is 0 Å². The molecule has 0 atom stereocenters. The molecule has 0 radical (unpaired) electrons. The maximum atomic E-state index is 5.91. The Morgan fingerprint density at radius 1 is 0.833 bits per heavy atom. The van der Waals surface area contributed by atoms with Crippen molar-refractivity contribution in [1.82, 2.24) is 0 Å². The van der Waals surface area contributed by atoms with Gasteiger partial charge in [0.15, 0.2) is 0 Å². The molecule has 0 bridgehead atoms. The molecule has 1 aliphatic rings. The van der Waals surface area contributed by atoms with E-state index in [4.69, 9.17) is 23.2 Å². The average Bonchev–Trinajstić information content (AvgIpc) is 2.07. The summed E-state index contributed by atoms with van der Waals surface area (Å²) >= 11 is 11.8. The van der Waals surface area contributed by atoms with Gasteiger partial charge in [-0.15, -0.1) is 0 Å². The van der Waals surface area contributed by atoms with E-state index in [0.29, 0.717) is 10.0 Å². The Morgan fingerprint density at radius 2 is 1.25 bits per heavy atom. The average molecular weight is 201 g/mol. The van der Waals surface area contributed by atoms with Crippen molar-refractivity contribution in [2.75, 3.05) is 0 Å². The molecule has 0 nitrogen and oxygen atoms in total. The van der Waals surface area contributed by atoms with Crippen LogP contribution in [0.2, 0.25) is 10.0 Å². The quantitative estimate of drug-likeness (QED) is 0.597. The lowest BCUT2D eigenvalue weighted by molar-refractivity contribution is 0.686. The molecule has 2 heteroatoms. The number of fused-ring (bicyclic) bond motifs is 1. The van der Waals surface area contributed by atoms with Gasteiger partial charge in [-0.25, -0.2) is 0 Å². The lowest BCUT2D eigenvalue weighted by Crippen LogP contribution is -2.01. The largest absolute Gasteiger partial charge is 0.0827 e. The molecule has 0 fully saturated rings. The molecule has 0 N–H and O–H groups in total. The van der Waals surface area contributed by atoms with Crippen molar-refractivity contribution in [2.45, 2.75) is 25.7 Å². The molecule has 0 saturated heterocycles. The lowest BCUT2D eigenvalue weighted by atomic mass is 9.92. The second-order valence-electron chi connectivity index (χ2n) is 3.24. The standard InChI is InChI=1S/C10H10Cl2/c11-9-5-7-3-1-2-4-8(7)6-10(9)12/h5-6H,1-4H2. The first-order chi connectivity index (χ1) is 5.77. The first-order valence-corrected chi connectivity index (χ1v) is 5.00. The Balaban J connectivity index is 2.49. The monoisotopic (exact) mass is 200 g/mol. The van der Waals surface area contributed by atoms with Gasteiger partial charge in [-0.05, 0) is 48.9 Å². The smallest absolute Gasteiger partial charge is 0.0595 e. The van der Waals surface area contributed by atoms with Gasteiger partial charge in [0.1, 0.15) is 0 Å². The van der Waals surface area contributed by atoms with Crippen LogP contribution >= 0.6 is 23.2 Å². The number of halogens is 2. The summed E-state index contributed by atoms with van der Waals surface area (Å²) in [6.45, 7) is 0. The van der Waals surface area contributed by atoms with Crippen LogP contribution in [-0.4, -0.2) is 0 Å². The van der Waals surface area contributed by atoms with Crippen LogP contribution in [0.25, 0.3) is 0 Å². The van der Waals surface area contributed by atoms with E-state index in [9.17, 15) is 0 Å². The fourth-order valence-corrected chi connectivity index (χ4v) is 2.10. The Bertz CT molecular complexity index is 274. The summed E-state index contributed by atoms with van der Waals surface area (Å²) < 4.78 is 0. The van der Waals surface area contributed by atoms with Crippen LogP contribution in [0.1, 0.15) is 24.0 Å². The van der Waals surface area contributed by atoms with Crippen LogP contribution in [0, 0.1) is 0 Å². The van der Waals surface area contributed by atoms with Crippen molar-refractivity contribution < 1.29 is 0 Å². The molecule has 0 amide bonds. The fourth-order valence-electron chi connectivity index (χ4n) is 1.73. The topological polar surface area (TPSA) is 0 Å². The Kier molecular flexibility index (Phi) is 2.29. The SMILES string of the molecule is Clc1cc2c(cc1Cl)CCCC2. The molecule has 2 rings (SSSR count). The third-order valence-electron chi connectivity index (χ3n) is 2.38. The predicted molar refractivity (Wildman–Crippen MR) is 53.1 cm³/mol. The molecule has 0 spiro atoms. The summed E-state index contributed by atoms with van der Waals surface area (Å²) in [5.41, 5.74) is 2.77. The van der Waals surface area contributed by atoms with Crippen molar-refractivity contribution in [3.05, 3.63) is 33.3 Å². The molecule has 12 heavy (non-hydrogen) atoms. The third-order valence-corrected chi connectivity index (χ3v) is 3.11. The van der Waals surface area contributed by atoms with Crippen molar-refractivity contribution in [3.63, 3.8) is 0 Å². The minimum Gasteiger partial charge on any atom is -0.0827 e. The van der Waals surface area contributed by atoms with Crippen LogP contribution in [0.15, 0.2) is 12.1 Å². The number of aryl methyl sites for hydroxylation is 2. The van der Waals surface area contributed by atoms with Gasteiger partial charge in [0.2, 0.25) is 0 Å². The molecule has 1 aromatic carbocycles. The van der Waals surface area contributed by atoms with Crippen LogP contribution in [-0.2, 0) is 12.8 Å². The molecule has 0 aromatic heterocycles. The normalized spacial score (nSPS) is 15.8. The third kappa shape index (κ3) is 1.46. The highest BCUT2D eigenvalue weighted by molar-refractivity contribution is 6.42. The summed E-state index contributed by atoms with van der Waals surface area (Å²) in [7, 11) is 0. The van der Waals surface area contributed by atoms with Gasteiger partial charge in [-0.2, -0.15) is 0 Å². The van der Waals surface area contributed by atoms with E-state index in [1.165, 1.54) is 24.0 Å². The van der Waals surface area contributed by atoms with E-state index in [1.807, 2.05) is 12.1 Å². The van der Waals surface area contributed by atoms with E-state index in [0.717, 1.165) is 12.8 Å². The zero-order valence-electron chi connectivity index (χ0n) is 6.74. The van der Waals surface area contributed by atoms with Crippen molar-refractivity contribution in [2.24, 2.45) is 0 Å². The highest BCUT2D eigenvalue weighted by Gasteiger charge is 2.11. The number of rotatable bonds is 0. The summed E-state index contributed by atoms with van der Waals surface area (Å²) in [5, 5.41) is 1.38. The Labute approximate surface area is 82.5 Å². The molecule has 0 saturated carbocycles. The molecular weight excluding hydrogens is 191 g/mol. The Morgan fingerprint density at radius 3 is 1.67 bits per heavy atom. The van der Waals surface area contributed by atoms with Crippen molar-refractivity contribution in [1.29, 1.82) is 0 Å². The van der Waals surface area contributed by atoms with Gasteiger partial charge in [-0.1, -0.05) is 23.2 Å². The molecule has 0 aliphatic heterocycles. The molecule has 0 unspecified atom stereocenters. The summed E-state index contributed by atoms with van der Waals surface area (Å²) in [6, 6.07) is 4.02. The molecule has 1 aliphatic carbocycles. The lowest BCUT2D eigenvalue weighted by Gasteiger charge is -2.15. The highest BCUT2D eigenvalue weighted by atomic mass is 35.5. The number of hydrogen-bond acceptors (Lipinski definition) is 0. The van der Waals surface area contributed by atoms with Gasteiger partial charge in [0, 0.05) is 0 Å². The minimum atomic E-state index is 0.692. The molecule has 64 valence electrons. The molecule has 0 heterocycles. The van der Waals surface area contributed by atoms with Gasteiger partial charge in [0.05, 0.1) is 10.0 Å². The van der Waals surface area contributed by atoms with Crippen LogP contribution < -0.4 is 0 Å². The van der Waals surface area contributed by atoms with Crippen LogP contribution in [0.3, 0.4) is 0 Å². The highest BCUT2D eigenvalue weighted by Crippen LogP contribution is 2.30. The van der Waals surface area contributed by atoms with E-state index < -0.39 is 0 Å². The molecule has 1 aromatic rings.